The standard InChI is InChI=1S/C14H19NO4S/c1-19-11-5-9-15-20(17,18)14-8-4-7-13(12-14)6-2-3-10-16/h4,7-8,12,15-16H,3,5,9-11H2,1H3. The van der Waals surface area contributed by atoms with Crippen molar-refractivity contribution in [3.63, 3.8) is 0 Å². The van der Waals surface area contributed by atoms with Crippen LogP contribution in [0.15, 0.2) is 29.2 Å². The van der Waals surface area contributed by atoms with E-state index in [9.17, 15) is 8.42 Å². The van der Waals surface area contributed by atoms with Crippen molar-refractivity contribution in [3.8, 4) is 11.8 Å². The van der Waals surface area contributed by atoms with Crippen LogP contribution in [0.3, 0.4) is 0 Å². The molecule has 0 aliphatic rings. The van der Waals surface area contributed by atoms with Crippen LogP contribution >= 0.6 is 0 Å². The van der Waals surface area contributed by atoms with Gasteiger partial charge in [0.1, 0.15) is 0 Å². The van der Waals surface area contributed by atoms with E-state index in [-0.39, 0.29) is 11.5 Å². The van der Waals surface area contributed by atoms with Gasteiger partial charge in [0.25, 0.3) is 0 Å². The Bertz CT molecular complexity index is 572. The van der Waals surface area contributed by atoms with Gasteiger partial charge in [0, 0.05) is 32.2 Å². The molecule has 0 bridgehead atoms. The highest BCUT2D eigenvalue weighted by atomic mass is 32.2. The van der Waals surface area contributed by atoms with Crippen LogP contribution in [-0.2, 0) is 14.8 Å². The van der Waals surface area contributed by atoms with Crippen molar-refractivity contribution in [2.24, 2.45) is 0 Å². The SMILES string of the molecule is COCCCNS(=O)(=O)c1cccc(C#CCCO)c1. The molecule has 0 aromatic heterocycles. The van der Waals surface area contributed by atoms with Crippen LogP contribution in [0.1, 0.15) is 18.4 Å². The molecule has 0 aliphatic carbocycles. The molecule has 0 spiro atoms. The number of aliphatic hydroxyl groups is 1. The van der Waals surface area contributed by atoms with Crippen LogP contribution in [0.4, 0.5) is 0 Å². The molecule has 0 amide bonds. The molecule has 0 aliphatic heterocycles. The molecular weight excluding hydrogens is 278 g/mol. The molecule has 2 N–H and O–H groups in total. The van der Waals surface area contributed by atoms with Crippen molar-refractivity contribution in [3.05, 3.63) is 29.8 Å². The molecule has 5 nitrogen and oxygen atoms in total. The van der Waals surface area contributed by atoms with Gasteiger partial charge in [-0.2, -0.15) is 0 Å². The summed E-state index contributed by atoms with van der Waals surface area (Å²) < 4.78 is 31.4. The Hall–Kier alpha value is -1.39. The summed E-state index contributed by atoms with van der Waals surface area (Å²) in [7, 11) is -1.94. The van der Waals surface area contributed by atoms with Gasteiger partial charge in [-0.1, -0.05) is 17.9 Å². The highest BCUT2D eigenvalue weighted by molar-refractivity contribution is 7.89. The van der Waals surface area contributed by atoms with E-state index in [1.54, 1.807) is 19.2 Å². The van der Waals surface area contributed by atoms with Crippen LogP contribution in [0.25, 0.3) is 0 Å². The molecule has 0 saturated carbocycles. The van der Waals surface area contributed by atoms with E-state index in [0.29, 0.717) is 31.6 Å². The van der Waals surface area contributed by atoms with Gasteiger partial charge in [0.2, 0.25) is 10.0 Å². The summed E-state index contributed by atoms with van der Waals surface area (Å²) >= 11 is 0. The number of sulfonamides is 1. The number of aliphatic hydroxyl groups excluding tert-OH is 1. The summed E-state index contributed by atoms with van der Waals surface area (Å²) in [6.45, 7) is 0.831. The van der Waals surface area contributed by atoms with E-state index >= 15 is 0 Å². The Morgan fingerprint density at radius 2 is 2.20 bits per heavy atom. The van der Waals surface area contributed by atoms with Gasteiger partial charge in [-0.3, -0.25) is 0 Å². The van der Waals surface area contributed by atoms with Crippen molar-refractivity contribution in [2.45, 2.75) is 17.7 Å². The Morgan fingerprint density at radius 3 is 2.90 bits per heavy atom. The maximum Gasteiger partial charge on any atom is 0.240 e. The fourth-order valence-electron chi connectivity index (χ4n) is 1.47. The van der Waals surface area contributed by atoms with Crippen molar-refractivity contribution in [2.75, 3.05) is 26.9 Å². The first kappa shape index (κ1) is 16.7. The van der Waals surface area contributed by atoms with E-state index in [2.05, 4.69) is 16.6 Å². The number of hydrogen-bond donors (Lipinski definition) is 2. The van der Waals surface area contributed by atoms with Gasteiger partial charge in [-0.15, -0.1) is 0 Å². The predicted molar refractivity (Wildman–Crippen MR) is 76.7 cm³/mol. The van der Waals surface area contributed by atoms with Crippen LogP contribution in [-0.4, -0.2) is 40.4 Å². The molecule has 110 valence electrons. The molecule has 1 aromatic rings. The second kappa shape index (κ2) is 8.72. The fourth-order valence-corrected chi connectivity index (χ4v) is 2.59. The lowest BCUT2D eigenvalue weighted by atomic mass is 10.2. The molecule has 6 heteroatoms. The molecule has 0 radical (unpaired) electrons. The highest BCUT2D eigenvalue weighted by Gasteiger charge is 2.13. The van der Waals surface area contributed by atoms with E-state index in [1.165, 1.54) is 12.1 Å². The second-order valence-corrected chi connectivity index (χ2v) is 5.81. The predicted octanol–water partition coefficient (Wildman–Crippen LogP) is 0.735. The summed E-state index contributed by atoms with van der Waals surface area (Å²) in [6.07, 6.45) is 0.984. The molecule has 0 atom stereocenters. The lowest BCUT2D eigenvalue weighted by molar-refractivity contribution is 0.196. The van der Waals surface area contributed by atoms with Crippen molar-refractivity contribution < 1.29 is 18.3 Å². The van der Waals surface area contributed by atoms with Crippen molar-refractivity contribution in [1.29, 1.82) is 0 Å². The summed E-state index contributed by atoms with van der Waals surface area (Å²) in [5.41, 5.74) is 0.609. The average molecular weight is 297 g/mol. The lowest BCUT2D eigenvalue weighted by Gasteiger charge is -2.06. The third-order valence-electron chi connectivity index (χ3n) is 2.43. The molecule has 0 fully saturated rings. The fraction of sp³-hybridized carbons (Fsp3) is 0.429. The minimum absolute atomic E-state index is 0.00789. The zero-order valence-corrected chi connectivity index (χ0v) is 12.2. The van der Waals surface area contributed by atoms with E-state index in [0.717, 1.165) is 0 Å². The van der Waals surface area contributed by atoms with Gasteiger partial charge >= 0.3 is 0 Å². The summed E-state index contributed by atoms with van der Waals surface area (Å²) in [5, 5.41) is 8.65. The third kappa shape index (κ3) is 5.72. The number of hydrogen-bond acceptors (Lipinski definition) is 4. The number of methoxy groups -OCH3 is 1. The van der Waals surface area contributed by atoms with Gasteiger partial charge in [-0.25, -0.2) is 13.1 Å². The topological polar surface area (TPSA) is 75.6 Å². The molecular formula is C14H19NO4S. The lowest BCUT2D eigenvalue weighted by Crippen LogP contribution is -2.25. The first-order valence-corrected chi connectivity index (χ1v) is 7.77. The van der Waals surface area contributed by atoms with Gasteiger partial charge in [0.15, 0.2) is 0 Å². The van der Waals surface area contributed by atoms with Gasteiger partial charge in [0.05, 0.1) is 11.5 Å². The molecule has 0 heterocycles. The summed E-state index contributed by atoms with van der Waals surface area (Å²) in [6, 6.07) is 6.42. The second-order valence-electron chi connectivity index (χ2n) is 4.05. The summed E-state index contributed by atoms with van der Waals surface area (Å²) in [4.78, 5) is 0.186. The molecule has 0 saturated heterocycles. The third-order valence-corrected chi connectivity index (χ3v) is 3.89. The largest absolute Gasteiger partial charge is 0.395 e. The van der Waals surface area contributed by atoms with Crippen molar-refractivity contribution in [1.82, 2.24) is 4.72 Å². The molecule has 1 aromatic carbocycles. The first-order valence-electron chi connectivity index (χ1n) is 6.28. The first-order chi connectivity index (χ1) is 9.60. The maximum atomic E-state index is 12.0. The monoisotopic (exact) mass is 297 g/mol. The average Bonchev–Trinajstić information content (AvgIpc) is 2.44. The van der Waals surface area contributed by atoms with Crippen LogP contribution in [0.5, 0.6) is 0 Å². The van der Waals surface area contributed by atoms with E-state index in [1.807, 2.05) is 0 Å². The van der Waals surface area contributed by atoms with Gasteiger partial charge in [-0.05, 0) is 24.6 Å². The number of benzene rings is 1. The zero-order chi connectivity index (χ0) is 14.8. The Morgan fingerprint density at radius 1 is 1.40 bits per heavy atom. The minimum atomic E-state index is -3.52. The van der Waals surface area contributed by atoms with Gasteiger partial charge < -0.3 is 9.84 Å². The zero-order valence-electron chi connectivity index (χ0n) is 11.4. The Kier molecular flexibility index (Phi) is 7.26. The molecule has 20 heavy (non-hydrogen) atoms. The van der Waals surface area contributed by atoms with Crippen molar-refractivity contribution >= 4 is 10.0 Å². The van der Waals surface area contributed by atoms with Crippen LogP contribution < -0.4 is 4.72 Å². The maximum absolute atomic E-state index is 12.0. The van der Waals surface area contributed by atoms with E-state index < -0.39 is 10.0 Å². The Labute approximate surface area is 120 Å². The smallest absolute Gasteiger partial charge is 0.240 e. The molecule has 1 rings (SSSR count). The van der Waals surface area contributed by atoms with E-state index in [4.69, 9.17) is 9.84 Å². The number of ether oxygens (including phenoxy) is 1. The highest BCUT2D eigenvalue weighted by Crippen LogP contribution is 2.10. The quantitative estimate of drug-likeness (QED) is 0.575. The number of rotatable bonds is 7. The van der Waals surface area contributed by atoms with Crippen LogP contribution in [0.2, 0.25) is 0 Å². The summed E-state index contributed by atoms with van der Waals surface area (Å²) in [5.74, 6) is 5.57. The normalized spacial score (nSPS) is 10.9. The van der Waals surface area contributed by atoms with Crippen LogP contribution in [0, 0.1) is 11.8 Å². The Balaban J connectivity index is 2.75. The number of nitrogens with one attached hydrogen (secondary N) is 1. The molecule has 0 unspecified atom stereocenters. The minimum Gasteiger partial charge on any atom is -0.395 e.